The predicted molar refractivity (Wildman–Crippen MR) is 59.0 cm³/mol. The zero-order chi connectivity index (χ0) is 11.1. The molecule has 0 atom stereocenters. The highest BCUT2D eigenvalue weighted by Crippen LogP contribution is 2.15. The van der Waals surface area contributed by atoms with Crippen LogP contribution in [0.15, 0.2) is 5.51 Å². The zero-order valence-electron chi connectivity index (χ0n) is 8.97. The van der Waals surface area contributed by atoms with Crippen molar-refractivity contribution in [2.24, 2.45) is 0 Å². The first kappa shape index (κ1) is 11.9. The molecule has 0 aliphatic rings. The number of aromatic nitrogens is 2. The van der Waals surface area contributed by atoms with E-state index < -0.39 is 0 Å². The van der Waals surface area contributed by atoms with E-state index in [-0.39, 0.29) is 12.5 Å². The van der Waals surface area contributed by atoms with E-state index in [1.807, 2.05) is 4.90 Å². The van der Waals surface area contributed by atoms with Crippen LogP contribution in [0.3, 0.4) is 0 Å². The average molecular weight is 229 g/mol. The fraction of sp³-hybridized carbons (Fsp3) is 0.667. The number of rotatable bonds is 6. The van der Waals surface area contributed by atoms with Crippen LogP contribution in [0.5, 0.6) is 0 Å². The Balaban J connectivity index is 2.55. The molecule has 0 saturated heterocycles. The maximum atomic E-state index is 11.3. The van der Waals surface area contributed by atoms with E-state index in [1.165, 1.54) is 11.3 Å². The monoisotopic (exact) mass is 229 g/mol. The maximum absolute atomic E-state index is 11.3. The molecule has 0 unspecified atom stereocenters. The van der Waals surface area contributed by atoms with Gasteiger partial charge >= 0.3 is 5.97 Å². The quantitative estimate of drug-likeness (QED) is 0.688. The molecular formula is C9H15N3O2S. The minimum atomic E-state index is -0.221. The molecule has 1 heterocycles. The van der Waals surface area contributed by atoms with Crippen LogP contribution in [0.4, 0.5) is 5.13 Å². The number of hydrogen-bond donors (Lipinski definition) is 0. The van der Waals surface area contributed by atoms with E-state index >= 15 is 0 Å². The molecule has 15 heavy (non-hydrogen) atoms. The maximum Gasteiger partial charge on any atom is 0.325 e. The lowest BCUT2D eigenvalue weighted by atomic mass is 10.4. The van der Waals surface area contributed by atoms with Gasteiger partial charge in [0.25, 0.3) is 0 Å². The van der Waals surface area contributed by atoms with Crippen molar-refractivity contribution in [2.45, 2.75) is 20.3 Å². The topological polar surface area (TPSA) is 55.3 Å². The second kappa shape index (κ2) is 6.34. The highest BCUT2D eigenvalue weighted by Gasteiger charge is 2.13. The Hall–Kier alpha value is -1.17. The third kappa shape index (κ3) is 3.83. The highest BCUT2D eigenvalue weighted by molar-refractivity contribution is 7.13. The van der Waals surface area contributed by atoms with Gasteiger partial charge in [-0.25, -0.2) is 0 Å². The second-order valence-electron chi connectivity index (χ2n) is 2.95. The van der Waals surface area contributed by atoms with Gasteiger partial charge in [0.1, 0.15) is 12.1 Å². The van der Waals surface area contributed by atoms with Crippen LogP contribution in [0, 0.1) is 0 Å². The summed E-state index contributed by atoms with van der Waals surface area (Å²) in [6, 6.07) is 0. The number of carbonyl (C=O) groups is 1. The summed E-state index contributed by atoms with van der Waals surface area (Å²) < 4.78 is 4.89. The molecule has 0 aromatic carbocycles. The largest absolute Gasteiger partial charge is 0.465 e. The van der Waals surface area contributed by atoms with E-state index in [0.29, 0.717) is 6.61 Å². The molecule has 1 aromatic heterocycles. The summed E-state index contributed by atoms with van der Waals surface area (Å²) in [6.07, 6.45) is 0.957. The normalized spacial score (nSPS) is 10.0. The third-order valence-electron chi connectivity index (χ3n) is 1.74. The van der Waals surface area contributed by atoms with Crippen molar-refractivity contribution in [1.82, 2.24) is 10.2 Å². The number of ether oxygens (including phenoxy) is 1. The molecule has 0 N–H and O–H groups in total. The molecule has 1 aromatic rings. The SMILES string of the molecule is CCCN(CC(=O)OCC)c1nncs1. The van der Waals surface area contributed by atoms with Gasteiger partial charge in [-0.1, -0.05) is 18.3 Å². The molecule has 0 spiro atoms. The van der Waals surface area contributed by atoms with E-state index in [9.17, 15) is 4.79 Å². The highest BCUT2D eigenvalue weighted by atomic mass is 32.1. The number of nitrogens with zero attached hydrogens (tertiary/aromatic N) is 3. The van der Waals surface area contributed by atoms with Crippen molar-refractivity contribution in [3.05, 3.63) is 5.51 Å². The van der Waals surface area contributed by atoms with Gasteiger partial charge in [-0.2, -0.15) is 0 Å². The van der Waals surface area contributed by atoms with E-state index in [0.717, 1.165) is 18.1 Å². The van der Waals surface area contributed by atoms with E-state index in [4.69, 9.17) is 4.74 Å². The Kier molecular flexibility index (Phi) is 5.03. The fourth-order valence-corrected chi connectivity index (χ4v) is 1.77. The predicted octanol–water partition coefficient (Wildman–Crippen LogP) is 1.32. The average Bonchev–Trinajstić information content (AvgIpc) is 2.70. The fourth-order valence-electron chi connectivity index (χ4n) is 1.18. The number of esters is 1. The summed E-state index contributed by atoms with van der Waals surface area (Å²) in [5, 5.41) is 8.46. The zero-order valence-corrected chi connectivity index (χ0v) is 9.79. The second-order valence-corrected chi connectivity index (χ2v) is 3.76. The van der Waals surface area contributed by atoms with Crippen LogP contribution in [-0.4, -0.2) is 35.9 Å². The van der Waals surface area contributed by atoms with Gasteiger partial charge in [0, 0.05) is 6.54 Å². The van der Waals surface area contributed by atoms with Crippen molar-refractivity contribution < 1.29 is 9.53 Å². The lowest BCUT2D eigenvalue weighted by Gasteiger charge is -2.18. The lowest BCUT2D eigenvalue weighted by molar-refractivity contribution is -0.141. The minimum absolute atomic E-state index is 0.221. The molecule has 5 nitrogen and oxygen atoms in total. The Morgan fingerprint density at radius 3 is 2.93 bits per heavy atom. The van der Waals surface area contributed by atoms with Crippen LogP contribution in [0.2, 0.25) is 0 Å². The van der Waals surface area contributed by atoms with Gasteiger partial charge in [-0.3, -0.25) is 4.79 Å². The summed E-state index contributed by atoms with van der Waals surface area (Å²) in [6.45, 7) is 5.30. The van der Waals surface area contributed by atoms with Crippen molar-refractivity contribution in [3.8, 4) is 0 Å². The Morgan fingerprint density at radius 1 is 1.60 bits per heavy atom. The molecule has 0 fully saturated rings. The molecule has 6 heteroatoms. The molecule has 1 rings (SSSR count). The molecular weight excluding hydrogens is 214 g/mol. The first-order valence-corrected chi connectivity index (χ1v) is 5.82. The van der Waals surface area contributed by atoms with Gasteiger partial charge < -0.3 is 9.64 Å². The van der Waals surface area contributed by atoms with Crippen LogP contribution in [0.25, 0.3) is 0 Å². The molecule has 0 aliphatic heterocycles. The number of carbonyl (C=O) groups excluding carboxylic acids is 1. The summed E-state index contributed by atoms with van der Waals surface area (Å²) in [4.78, 5) is 13.2. The smallest absolute Gasteiger partial charge is 0.325 e. The van der Waals surface area contributed by atoms with Gasteiger partial charge in [0.05, 0.1) is 6.61 Å². The lowest BCUT2D eigenvalue weighted by Crippen LogP contribution is -2.31. The Morgan fingerprint density at radius 2 is 2.40 bits per heavy atom. The van der Waals surface area contributed by atoms with Crippen molar-refractivity contribution in [1.29, 1.82) is 0 Å². The summed E-state index contributed by atoms with van der Waals surface area (Å²) >= 11 is 1.43. The van der Waals surface area contributed by atoms with Crippen LogP contribution in [0.1, 0.15) is 20.3 Å². The molecule has 0 radical (unpaired) electrons. The molecule has 0 aliphatic carbocycles. The van der Waals surface area contributed by atoms with E-state index in [2.05, 4.69) is 17.1 Å². The van der Waals surface area contributed by atoms with Crippen molar-refractivity contribution >= 4 is 22.4 Å². The van der Waals surface area contributed by atoms with Crippen LogP contribution in [-0.2, 0) is 9.53 Å². The molecule has 0 bridgehead atoms. The third-order valence-corrected chi connectivity index (χ3v) is 2.49. The number of hydrogen-bond acceptors (Lipinski definition) is 6. The summed E-state index contributed by atoms with van der Waals surface area (Å²) in [5.74, 6) is -0.221. The summed E-state index contributed by atoms with van der Waals surface area (Å²) in [5.41, 5.74) is 1.66. The molecule has 0 amide bonds. The Labute approximate surface area is 93.1 Å². The van der Waals surface area contributed by atoms with Gasteiger partial charge in [0.15, 0.2) is 0 Å². The van der Waals surface area contributed by atoms with Crippen LogP contribution >= 0.6 is 11.3 Å². The van der Waals surface area contributed by atoms with Gasteiger partial charge in [-0.15, -0.1) is 10.2 Å². The van der Waals surface area contributed by atoms with Crippen molar-refractivity contribution in [2.75, 3.05) is 24.6 Å². The minimum Gasteiger partial charge on any atom is -0.465 e. The van der Waals surface area contributed by atoms with E-state index in [1.54, 1.807) is 12.4 Å². The van der Waals surface area contributed by atoms with Gasteiger partial charge in [0.2, 0.25) is 5.13 Å². The molecule has 0 saturated carbocycles. The Bertz CT molecular complexity index is 290. The van der Waals surface area contributed by atoms with Crippen LogP contribution < -0.4 is 4.90 Å². The first-order valence-electron chi connectivity index (χ1n) is 4.94. The van der Waals surface area contributed by atoms with Crippen molar-refractivity contribution in [3.63, 3.8) is 0 Å². The van der Waals surface area contributed by atoms with Gasteiger partial charge in [-0.05, 0) is 13.3 Å². The standard InChI is InChI=1S/C9H15N3O2S/c1-3-5-12(6-8(13)14-4-2)9-11-10-7-15-9/h7H,3-6H2,1-2H3. The first-order chi connectivity index (χ1) is 7.27. The summed E-state index contributed by atoms with van der Waals surface area (Å²) in [7, 11) is 0. The molecule has 84 valence electrons. The number of anilines is 1.